The van der Waals surface area contributed by atoms with Gasteiger partial charge in [-0.25, -0.2) is 4.98 Å². The van der Waals surface area contributed by atoms with E-state index in [1.165, 1.54) is 16.9 Å². The molecule has 0 N–H and O–H groups in total. The van der Waals surface area contributed by atoms with E-state index in [1.807, 2.05) is 62.3 Å². The number of amides is 1. The fourth-order valence-electron chi connectivity index (χ4n) is 3.18. The molecule has 2 aromatic carbocycles. The summed E-state index contributed by atoms with van der Waals surface area (Å²) in [6.45, 7) is 7.55. The number of ether oxygens (including phenoxy) is 2. The number of hydrogen-bond donors (Lipinski definition) is 0. The van der Waals surface area contributed by atoms with Crippen LogP contribution in [0.15, 0.2) is 36.4 Å². The Kier molecular flexibility index (Phi) is 9.31. The number of nitrogens with zero attached hydrogens (tertiary/aromatic N) is 3. The number of likely N-dealkylation sites (N-methyl/N-ethyl adjacent to an activating group) is 1. The molecule has 0 saturated heterocycles. The smallest absolute Gasteiger partial charge is 0.266 e. The van der Waals surface area contributed by atoms with Gasteiger partial charge in [0.25, 0.3) is 5.91 Å². The van der Waals surface area contributed by atoms with Crippen LogP contribution >= 0.6 is 23.7 Å². The normalized spacial score (nSPS) is 11.0. The van der Waals surface area contributed by atoms with E-state index in [2.05, 4.69) is 13.8 Å². The Hall–Kier alpha value is -2.35. The maximum atomic E-state index is 13.1. The lowest BCUT2D eigenvalue weighted by Gasteiger charge is -2.22. The summed E-state index contributed by atoms with van der Waals surface area (Å²) in [5.74, 6) is 1.74. The van der Waals surface area contributed by atoms with Gasteiger partial charge >= 0.3 is 0 Å². The minimum atomic E-state index is -0.120. The summed E-state index contributed by atoms with van der Waals surface area (Å²) < 4.78 is 12.3. The van der Waals surface area contributed by atoms with Crippen LogP contribution in [-0.4, -0.2) is 56.7 Å². The van der Waals surface area contributed by atoms with Crippen molar-refractivity contribution in [1.29, 1.82) is 0 Å². The number of benzene rings is 2. The maximum Gasteiger partial charge on any atom is 0.266 e. The summed E-state index contributed by atoms with van der Waals surface area (Å²) in [4.78, 5) is 21.7. The molecule has 174 valence electrons. The van der Waals surface area contributed by atoms with Crippen LogP contribution in [0.4, 0.5) is 5.13 Å². The minimum Gasteiger partial charge on any atom is -0.494 e. The first-order valence-electron chi connectivity index (χ1n) is 10.4. The van der Waals surface area contributed by atoms with Gasteiger partial charge in [0.2, 0.25) is 0 Å². The topological polar surface area (TPSA) is 54.9 Å². The monoisotopic (exact) mass is 477 g/mol. The zero-order valence-corrected chi connectivity index (χ0v) is 21.2. The summed E-state index contributed by atoms with van der Waals surface area (Å²) in [6.07, 6.45) is 0. The Labute approximate surface area is 200 Å². The number of halogens is 1. The number of carbonyl (C=O) groups excluding carboxylic acids is 1. The number of fused-ring (bicyclic) bond motifs is 1. The van der Waals surface area contributed by atoms with Crippen LogP contribution in [0.5, 0.6) is 11.5 Å². The number of thiazole rings is 1. The van der Waals surface area contributed by atoms with E-state index in [0.717, 1.165) is 22.3 Å². The average Bonchev–Trinajstić information content (AvgIpc) is 3.18. The van der Waals surface area contributed by atoms with Crippen molar-refractivity contribution in [3.05, 3.63) is 47.5 Å². The first kappa shape index (κ1) is 25.9. The Morgan fingerprint density at radius 1 is 1.09 bits per heavy atom. The van der Waals surface area contributed by atoms with Crippen LogP contribution in [0.1, 0.15) is 30.9 Å². The number of rotatable bonds is 9. The molecular formula is C24H32ClN3O3S. The van der Waals surface area contributed by atoms with Crippen molar-refractivity contribution >= 4 is 45.0 Å². The summed E-state index contributed by atoms with van der Waals surface area (Å²) in [7, 11) is 5.61. The van der Waals surface area contributed by atoms with E-state index in [4.69, 9.17) is 14.5 Å². The second-order valence-corrected chi connectivity index (χ2v) is 9.10. The maximum absolute atomic E-state index is 13.1. The van der Waals surface area contributed by atoms with E-state index >= 15 is 0 Å². The fraction of sp³-hybridized carbons (Fsp3) is 0.417. The van der Waals surface area contributed by atoms with Crippen LogP contribution < -0.4 is 14.4 Å². The molecule has 0 aliphatic rings. The van der Waals surface area contributed by atoms with E-state index in [9.17, 15) is 4.79 Å². The van der Waals surface area contributed by atoms with Gasteiger partial charge in [0.15, 0.2) is 11.7 Å². The molecule has 32 heavy (non-hydrogen) atoms. The molecule has 0 radical (unpaired) electrons. The van der Waals surface area contributed by atoms with Crippen LogP contribution in [0, 0.1) is 6.92 Å². The van der Waals surface area contributed by atoms with Crippen LogP contribution in [0.3, 0.4) is 0 Å². The third kappa shape index (κ3) is 6.12. The van der Waals surface area contributed by atoms with E-state index in [-0.39, 0.29) is 24.9 Å². The highest BCUT2D eigenvalue weighted by molar-refractivity contribution is 7.22. The first-order valence-corrected chi connectivity index (χ1v) is 11.2. The summed E-state index contributed by atoms with van der Waals surface area (Å²) in [5.41, 5.74) is 3.14. The molecule has 1 heterocycles. The Bertz CT molecular complexity index is 1030. The van der Waals surface area contributed by atoms with Crippen molar-refractivity contribution < 1.29 is 14.3 Å². The van der Waals surface area contributed by atoms with Crippen molar-refractivity contribution in [2.24, 2.45) is 0 Å². The first-order chi connectivity index (χ1) is 14.8. The summed E-state index contributed by atoms with van der Waals surface area (Å²) in [6, 6.07) is 11.8. The van der Waals surface area contributed by atoms with E-state index in [1.54, 1.807) is 12.0 Å². The molecule has 0 spiro atoms. The SMILES string of the molecule is COc1ccc(C)c2sc(N(CCN(C)C)C(=O)COc3ccc(C(C)C)cc3)nc12.Cl. The molecule has 3 rings (SSSR count). The van der Waals surface area contributed by atoms with Crippen LogP contribution in [-0.2, 0) is 4.79 Å². The predicted molar refractivity (Wildman–Crippen MR) is 135 cm³/mol. The molecule has 0 saturated carbocycles. The van der Waals surface area contributed by atoms with Gasteiger partial charge in [0.05, 0.1) is 11.8 Å². The lowest BCUT2D eigenvalue weighted by atomic mass is 10.0. The molecule has 8 heteroatoms. The zero-order valence-electron chi connectivity index (χ0n) is 19.5. The molecule has 0 bridgehead atoms. The van der Waals surface area contributed by atoms with Gasteiger partial charge < -0.3 is 14.4 Å². The molecule has 3 aromatic rings. The number of hydrogen-bond acceptors (Lipinski definition) is 6. The molecule has 0 aliphatic heterocycles. The van der Waals surface area contributed by atoms with Gasteiger partial charge in [-0.05, 0) is 56.3 Å². The molecule has 1 aromatic heterocycles. The molecule has 6 nitrogen and oxygen atoms in total. The molecular weight excluding hydrogens is 446 g/mol. The Morgan fingerprint density at radius 3 is 2.38 bits per heavy atom. The van der Waals surface area contributed by atoms with Gasteiger partial charge in [-0.1, -0.05) is 43.4 Å². The highest BCUT2D eigenvalue weighted by Crippen LogP contribution is 2.36. The van der Waals surface area contributed by atoms with Gasteiger partial charge in [-0.2, -0.15) is 0 Å². The lowest BCUT2D eigenvalue weighted by Crippen LogP contribution is -2.39. The van der Waals surface area contributed by atoms with Crippen molar-refractivity contribution in [2.45, 2.75) is 26.7 Å². The standard InChI is InChI=1S/C24H31N3O3S.ClH/c1-16(2)18-8-10-19(11-9-18)30-15-21(28)27(14-13-26(4)5)24-25-22-20(29-6)12-7-17(3)23(22)31-24;/h7-12,16H,13-15H2,1-6H3;1H. The Balaban J connectivity index is 0.00000363. The highest BCUT2D eigenvalue weighted by atomic mass is 35.5. The molecule has 0 aliphatic carbocycles. The van der Waals surface area contributed by atoms with Gasteiger partial charge in [-0.15, -0.1) is 12.4 Å². The van der Waals surface area contributed by atoms with Gasteiger partial charge in [0, 0.05) is 13.1 Å². The highest BCUT2D eigenvalue weighted by Gasteiger charge is 2.22. The van der Waals surface area contributed by atoms with Crippen LogP contribution in [0.2, 0.25) is 0 Å². The predicted octanol–water partition coefficient (Wildman–Crippen LogP) is 5.13. The minimum absolute atomic E-state index is 0. The second kappa shape index (κ2) is 11.5. The zero-order chi connectivity index (χ0) is 22.5. The summed E-state index contributed by atoms with van der Waals surface area (Å²) in [5, 5.41) is 0.660. The van der Waals surface area contributed by atoms with Gasteiger partial charge in [0.1, 0.15) is 17.0 Å². The van der Waals surface area contributed by atoms with Gasteiger partial charge in [-0.3, -0.25) is 9.69 Å². The van der Waals surface area contributed by atoms with Crippen molar-refractivity contribution in [2.75, 3.05) is 45.8 Å². The number of aromatic nitrogens is 1. The number of methoxy groups -OCH3 is 1. The molecule has 0 unspecified atom stereocenters. The van der Waals surface area contributed by atoms with E-state index < -0.39 is 0 Å². The third-order valence-electron chi connectivity index (χ3n) is 5.12. The lowest BCUT2D eigenvalue weighted by molar-refractivity contribution is -0.120. The van der Waals surface area contributed by atoms with Crippen LogP contribution in [0.25, 0.3) is 10.2 Å². The number of anilines is 1. The quantitative estimate of drug-likeness (QED) is 0.427. The van der Waals surface area contributed by atoms with Crippen molar-refractivity contribution in [1.82, 2.24) is 9.88 Å². The van der Waals surface area contributed by atoms with Crippen molar-refractivity contribution in [3.63, 3.8) is 0 Å². The third-order valence-corrected chi connectivity index (χ3v) is 6.34. The molecule has 0 atom stereocenters. The number of aryl methyl sites for hydroxylation is 1. The number of carbonyl (C=O) groups is 1. The second-order valence-electron chi connectivity index (χ2n) is 8.12. The largest absolute Gasteiger partial charge is 0.494 e. The van der Waals surface area contributed by atoms with Crippen molar-refractivity contribution in [3.8, 4) is 11.5 Å². The molecule has 0 fully saturated rings. The van der Waals surface area contributed by atoms with E-state index in [0.29, 0.717) is 29.1 Å². The average molecular weight is 478 g/mol. The molecule has 1 amide bonds. The summed E-state index contributed by atoms with van der Waals surface area (Å²) >= 11 is 1.51. The fourth-order valence-corrected chi connectivity index (χ4v) is 4.27. The Morgan fingerprint density at radius 2 is 1.78 bits per heavy atom.